The summed E-state index contributed by atoms with van der Waals surface area (Å²) < 4.78 is 0. The first-order valence-electron chi connectivity index (χ1n) is 9.61. The molecule has 0 bridgehead atoms. The van der Waals surface area contributed by atoms with Gasteiger partial charge >= 0.3 is 5.97 Å². The number of carboxylic acids is 1. The Hall–Kier alpha value is -2.34. The highest BCUT2D eigenvalue weighted by Crippen LogP contribution is 2.08. The molecular formula is C18H33N5O6S. The molecule has 0 aliphatic carbocycles. The summed E-state index contributed by atoms with van der Waals surface area (Å²) in [6.45, 7) is 3.41. The van der Waals surface area contributed by atoms with E-state index in [1.807, 2.05) is 20.1 Å². The topological polar surface area (TPSA) is 194 Å². The van der Waals surface area contributed by atoms with E-state index in [2.05, 4.69) is 16.0 Å². The Morgan fingerprint density at radius 1 is 0.933 bits per heavy atom. The summed E-state index contributed by atoms with van der Waals surface area (Å²) in [7, 11) is 0. The van der Waals surface area contributed by atoms with Gasteiger partial charge in [0.1, 0.15) is 18.1 Å². The minimum absolute atomic E-state index is 0.0122. The van der Waals surface area contributed by atoms with Crippen LogP contribution in [0.15, 0.2) is 0 Å². The maximum absolute atomic E-state index is 12.7. The van der Waals surface area contributed by atoms with Crippen molar-refractivity contribution in [3.63, 3.8) is 0 Å². The maximum atomic E-state index is 12.7. The van der Waals surface area contributed by atoms with Crippen LogP contribution in [0.3, 0.4) is 0 Å². The fraction of sp³-hybridized carbons (Fsp3) is 0.722. The number of amides is 4. The summed E-state index contributed by atoms with van der Waals surface area (Å²) in [4.78, 5) is 59.3. The van der Waals surface area contributed by atoms with E-state index >= 15 is 0 Å². The first kappa shape index (κ1) is 27.7. The molecule has 0 saturated carbocycles. The molecule has 0 heterocycles. The average Bonchev–Trinajstić information content (AvgIpc) is 2.66. The number of rotatable bonds is 15. The number of thioether (sulfide) groups is 1. The number of nitrogens with one attached hydrogen (secondary N) is 3. The van der Waals surface area contributed by atoms with Gasteiger partial charge in [0, 0.05) is 6.42 Å². The van der Waals surface area contributed by atoms with E-state index in [0.29, 0.717) is 12.2 Å². The third-order valence-corrected chi connectivity index (χ3v) is 4.73. The quantitative estimate of drug-likeness (QED) is 0.175. The minimum atomic E-state index is -1.32. The van der Waals surface area contributed by atoms with Crippen molar-refractivity contribution in [1.82, 2.24) is 16.0 Å². The van der Waals surface area contributed by atoms with Crippen molar-refractivity contribution >= 4 is 41.4 Å². The second kappa shape index (κ2) is 14.6. The van der Waals surface area contributed by atoms with Crippen molar-refractivity contribution < 1.29 is 29.1 Å². The molecule has 3 unspecified atom stereocenters. The molecule has 0 radical (unpaired) electrons. The van der Waals surface area contributed by atoms with E-state index in [1.165, 1.54) is 11.8 Å². The van der Waals surface area contributed by atoms with Crippen LogP contribution in [0.5, 0.6) is 0 Å². The fourth-order valence-electron chi connectivity index (χ4n) is 2.55. The van der Waals surface area contributed by atoms with Gasteiger partial charge in [0.25, 0.3) is 0 Å². The van der Waals surface area contributed by atoms with Gasteiger partial charge in [-0.1, -0.05) is 13.8 Å². The van der Waals surface area contributed by atoms with Crippen molar-refractivity contribution in [1.29, 1.82) is 0 Å². The number of hydrogen-bond donors (Lipinski definition) is 6. The first-order chi connectivity index (χ1) is 14.0. The highest BCUT2D eigenvalue weighted by molar-refractivity contribution is 7.98. The van der Waals surface area contributed by atoms with Crippen molar-refractivity contribution in [3.05, 3.63) is 0 Å². The molecule has 11 nitrogen and oxygen atoms in total. The molecule has 3 atom stereocenters. The molecule has 0 aliphatic heterocycles. The average molecular weight is 448 g/mol. The predicted octanol–water partition coefficient (Wildman–Crippen LogP) is -1.45. The molecule has 0 fully saturated rings. The van der Waals surface area contributed by atoms with Gasteiger partial charge < -0.3 is 32.5 Å². The van der Waals surface area contributed by atoms with Gasteiger partial charge in [0.05, 0.1) is 6.54 Å². The van der Waals surface area contributed by atoms with Gasteiger partial charge in [-0.3, -0.25) is 19.2 Å². The SMILES string of the molecule is CSCCC(NC(=O)CN)C(=O)NC(CC(C)C)C(=O)NC(CCC(N)=O)C(=O)O. The van der Waals surface area contributed by atoms with E-state index in [4.69, 9.17) is 11.5 Å². The van der Waals surface area contributed by atoms with Crippen LogP contribution in [0, 0.1) is 5.92 Å². The smallest absolute Gasteiger partial charge is 0.326 e. The molecule has 0 aliphatic rings. The Balaban J connectivity index is 5.31. The third kappa shape index (κ3) is 11.6. The molecule has 172 valence electrons. The highest BCUT2D eigenvalue weighted by Gasteiger charge is 2.29. The number of nitrogens with two attached hydrogens (primary N) is 2. The lowest BCUT2D eigenvalue weighted by Gasteiger charge is -2.25. The van der Waals surface area contributed by atoms with Crippen LogP contribution in [0.1, 0.15) is 39.5 Å². The minimum Gasteiger partial charge on any atom is -0.480 e. The highest BCUT2D eigenvalue weighted by atomic mass is 32.2. The van der Waals surface area contributed by atoms with Crippen molar-refractivity contribution in [3.8, 4) is 0 Å². The van der Waals surface area contributed by atoms with Crippen LogP contribution in [-0.2, 0) is 24.0 Å². The lowest BCUT2D eigenvalue weighted by molar-refractivity contribution is -0.142. The van der Waals surface area contributed by atoms with E-state index in [0.717, 1.165) is 0 Å². The molecule has 0 rings (SSSR count). The van der Waals surface area contributed by atoms with Crippen molar-refractivity contribution in [2.24, 2.45) is 17.4 Å². The van der Waals surface area contributed by atoms with E-state index in [-0.39, 0.29) is 31.7 Å². The monoisotopic (exact) mass is 447 g/mol. The van der Waals surface area contributed by atoms with Crippen molar-refractivity contribution in [2.75, 3.05) is 18.6 Å². The lowest BCUT2D eigenvalue weighted by Crippen LogP contribution is -2.56. The fourth-order valence-corrected chi connectivity index (χ4v) is 3.02. The van der Waals surface area contributed by atoms with Crippen LogP contribution < -0.4 is 27.4 Å². The zero-order chi connectivity index (χ0) is 23.3. The maximum Gasteiger partial charge on any atom is 0.326 e. The zero-order valence-electron chi connectivity index (χ0n) is 17.6. The summed E-state index contributed by atoms with van der Waals surface area (Å²) in [6.07, 6.45) is 2.07. The largest absolute Gasteiger partial charge is 0.480 e. The van der Waals surface area contributed by atoms with Gasteiger partial charge in [-0.2, -0.15) is 11.8 Å². The van der Waals surface area contributed by atoms with E-state index in [1.54, 1.807) is 0 Å². The van der Waals surface area contributed by atoms with Gasteiger partial charge in [0.15, 0.2) is 0 Å². The van der Waals surface area contributed by atoms with E-state index < -0.39 is 47.7 Å². The molecular weight excluding hydrogens is 414 g/mol. The Morgan fingerprint density at radius 2 is 1.50 bits per heavy atom. The summed E-state index contributed by atoms with van der Waals surface area (Å²) >= 11 is 1.49. The number of hydrogen-bond acceptors (Lipinski definition) is 7. The van der Waals surface area contributed by atoms with Gasteiger partial charge in [-0.15, -0.1) is 0 Å². The first-order valence-corrected chi connectivity index (χ1v) is 11.0. The van der Waals surface area contributed by atoms with Crippen molar-refractivity contribution in [2.45, 2.75) is 57.7 Å². The molecule has 30 heavy (non-hydrogen) atoms. The van der Waals surface area contributed by atoms with Crippen LogP contribution >= 0.6 is 11.8 Å². The Bertz CT molecular complexity index is 616. The molecule has 12 heteroatoms. The zero-order valence-corrected chi connectivity index (χ0v) is 18.4. The Labute approximate surface area is 180 Å². The summed E-state index contributed by atoms with van der Waals surface area (Å²) in [5, 5.41) is 16.7. The predicted molar refractivity (Wildman–Crippen MR) is 113 cm³/mol. The van der Waals surface area contributed by atoms with Crippen LogP contribution in [0.4, 0.5) is 0 Å². The van der Waals surface area contributed by atoms with Gasteiger partial charge in [0.2, 0.25) is 23.6 Å². The third-order valence-electron chi connectivity index (χ3n) is 4.08. The number of aliphatic carboxylic acids is 1. The summed E-state index contributed by atoms with van der Waals surface area (Å²) in [6, 6.07) is -3.21. The number of carboxylic acid groups (broad SMARTS) is 1. The standard InChI is InChI=1S/C18H33N5O6S/c1-10(2)8-13(17(27)22-12(18(28)29)4-5-14(20)24)23-16(26)11(6-7-30-3)21-15(25)9-19/h10-13H,4-9,19H2,1-3H3,(H2,20,24)(H,21,25)(H,22,27)(H,23,26)(H,28,29). The van der Waals surface area contributed by atoms with E-state index in [9.17, 15) is 29.1 Å². The van der Waals surface area contributed by atoms with Crippen LogP contribution in [-0.4, -0.2) is 71.4 Å². The number of carbonyl (C=O) groups is 5. The molecule has 4 amide bonds. The van der Waals surface area contributed by atoms with Crippen LogP contribution in [0.2, 0.25) is 0 Å². The van der Waals surface area contributed by atoms with Gasteiger partial charge in [-0.05, 0) is 37.2 Å². The molecule has 0 aromatic carbocycles. The Morgan fingerprint density at radius 3 is 1.97 bits per heavy atom. The Kier molecular flexibility index (Phi) is 13.5. The summed E-state index contributed by atoms with van der Waals surface area (Å²) in [5.41, 5.74) is 10.3. The lowest BCUT2D eigenvalue weighted by atomic mass is 10.0. The molecule has 8 N–H and O–H groups in total. The molecule has 0 aromatic heterocycles. The second-order valence-electron chi connectivity index (χ2n) is 7.20. The van der Waals surface area contributed by atoms with Gasteiger partial charge in [-0.25, -0.2) is 4.79 Å². The second-order valence-corrected chi connectivity index (χ2v) is 8.19. The normalized spacial score (nSPS) is 13.8. The van der Waals surface area contributed by atoms with Crippen LogP contribution in [0.25, 0.3) is 0 Å². The number of primary amides is 1. The number of carbonyl (C=O) groups excluding carboxylic acids is 4. The summed E-state index contributed by atoms with van der Waals surface area (Å²) in [5.74, 6) is -3.14. The molecule has 0 spiro atoms. The molecule has 0 saturated heterocycles. The molecule has 0 aromatic rings.